The average Bonchev–Trinajstić information content (AvgIpc) is 3.59. The number of amides is 2. The molecule has 0 N–H and O–H groups in total. The van der Waals surface area contributed by atoms with Gasteiger partial charge in [-0.05, 0) is 70.5 Å². The van der Waals surface area contributed by atoms with E-state index in [0.717, 1.165) is 44.5 Å². The van der Waals surface area contributed by atoms with E-state index in [1.807, 2.05) is 153 Å². The minimum atomic E-state index is -1.39. The average molecular weight is 586 g/mol. The molecule has 2 bridgehead atoms. The standard InChI is InChI=1S/C41H31NO3/c1-26-23-24-32(25-27(26)2)42-37(43)35-36(38(42)44)41(31-21-13-6-14-22-31)34(29-17-9-4-10-18-29)33(28-15-7-3-8-16-28)40(35,39(41)45)30-19-11-5-12-20-30/h3-25,35-36H,1-2H3. The molecule has 1 heterocycles. The van der Waals surface area contributed by atoms with Crippen LogP contribution < -0.4 is 4.90 Å². The highest BCUT2D eigenvalue weighted by Gasteiger charge is 2.82. The Morgan fingerprint density at radius 2 is 0.889 bits per heavy atom. The molecule has 218 valence electrons. The lowest BCUT2D eigenvalue weighted by atomic mass is 9.59. The van der Waals surface area contributed by atoms with Crippen LogP contribution in [0.4, 0.5) is 5.69 Å². The molecule has 5 aromatic rings. The van der Waals surface area contributed by atoms with E-state index >= 15 is 14.4 Å². The third-order valence-corrected chi connectivity index (χ3v) is 10.3. The molecule has 4 unspecified atom stereocenters. The van der Waals surface area contributed by atoms with E-state index in [0.29, 0.717) is 5.69 Å². The molecule has 4 nitrogen and oxygen atoms in total. The van der Waals surface area contributed by atoms with Crippen molar-refractivity contribution in [2.45, 2.75) is 24.7 Å². The number of imide groups is 1. The first-order valence-corrected chi connectivity index (χ1v) is 15.4. The van der Waals surface area contributed by atoms with Crippen molar-refractivity contribution < 1.29 is 14.4 Å². The fourth-order valence-corrected chi connectivity index (χ4v) is 8.45. The number of ketones is 1. The maximum Gasteiger partial charge on any atom is 0.239 e. The minimum Gasteiger partial charge on any atom is -0.297 e. The molecule has 0 spiro atoms. The molecular formula is C41H31NO3. The summed E-state index contributed by atoms with van der Waals surface area (Å²) >= 11 is 0. The Bertz CT molecular complexity index is 1910. The second-order valence-electron chi connectivity index (χ2n) is 12.4. The zero-order valence-electron chi connectivity index (χ0n) is 25.1. The van der Waals surface area contributed by atoms with Gasteiger partial charge in [-0.25, -0.2) is 4.90 Å². The van der Waals surface area contributed by atoms with E-state index in [1.165, 1.54) is 4.90 Å². The van der Waals surface area contributed by atoms with Crippen molar-refractivity contribution in [3.05, 3.63) is 173 Å². The van der Waals surface area contributed by atoms with Crippen molar-refractivity contribution in [1.82, 2.24) is 0 Å². The molecule has 1 saturated heterocycles. The predicted octanol–water partition coefficient (Wildman–Crippen LogP) is 7.49. The number of carbonyl (C=O) groups is 3. The second kappa shape index (κ2) is 9.83. The summed E-state index contributed by atoms with van der Waals surface area (Å²) in [6.45, 7) is 3.99. The number of aryl methyl sites for hydroxylation is 2. The van der Waals surface area contributed by atoms with Crippen LogP contribution in [0.3, 0.4) is 0 Å². The highest BCUT2D eigenvalue weighted by Crippen LogP contribution is 2.74. The first kappa shape index (κ1) is 27.2. The molecule has 1 saturated carbocycles. The lowest BCUT2D eigenvalue weighted by Crippen LogP contribution is -2.45. The number of fused-ring (bicyclic) bond motifs is 5. The number of hydrogen-bond acceptors (Lipinski definition) is 3. The van der Waals surface area contributed by atoms with Crippen LogP contribution in [-0.2, 0) is 25.2 Å². The van der Waals surface area contributed by atoms with Gasteiger partial charge in [0.2, 0.25) is 11.8 Å². The third-order valence-electron chi connectivity index (χ3n) is 10.3. The van der Waals surface area contributed by atoms with Gasteiger partial charge in [-0.15, -0.1) is 0 Å². The van der Waals surface area contributed by atoms with Crippen molar-refractivity contribution in [1.29, 1.82) is 0 Å². The Balaban J connectivity index is 1.55. The Kier molecular flexibility index (Phi) is 5.95. The molecule has 4 atom stereocenters. The number of carbonyl (C=O) groups excluding carboxylic acids is 3. The van der Waals surface area contributed by atoms with E-state index in [9.17, 15) is 0 Å². The summed E-state index contributed by atoms with van der Waals surface area (Å²) in [5.74, 6) is -2.62. The Hall–Kier alpha value is -5.35. The van der Waals surface area contributed by atoms with Crippen LogP contribution >= 0.6 is 0 Å². The molecule has 4 heteroatoms. The molecule has 5 aromatic carbocycles. The lowest BCUT2D eigenvalue weighted by Gasteiger charge is -2.39. The molecule has 8 rings (SSSR count). The molecule has 1 aliphatic heterocycles. The number of allylic oxidation sites excluding steroid dienone is 2. The SMILES string of the molecule is Cc1ccc(N2C(=O)C3C(C2=O)C2(c4ccccc4)C(=O)C3(c3ccccc3)C(c3ccccc3)=C2c2ccccc2)cc1C. The normalized spacial score (nSPS) is 25.3. The van der Waals surface area contributed by atoms with E-state index < -0.39 is 22.7 Å². The Labute approximate surface area is 262 Å². The van der Waals surface area contributed by atoms with Gasteiger partial charge < -0.3 is 0 Å². The largest absolute Gasteiger partial charge is 0.297 e. The quantitative estimate of drug-likeness (QED) is 0.201. The number of hydrogen-bond donors (Lipinski definition) is 0. The van der Waals surface area contributed by atoms with Gasteiger partial charge in [0.1, 0.15) is 0 Å². The lowest BCUT2D eigenvalue weighted by molar-refractivity contribution is -0.130. The molecule has 2 fully saturated rings. The van der Waals surface area contributed by atoms with Gasteiger partial charge in [0, 0.05) is 0 Å². The summed E-state index contributed by atoms with van der Waals surface area (Å²) in [5, 5.41) is 0. The van der Waals surface area contributed by atoms with Gasteiger partial charge in [-0.1, -0.05) is 127 Å². The molecule has 2 aliphatic carbocycles. The van der Waals surface area contributed by atoms with E-state index in [4.69, 9.17) is 0 Å². The maximum absolute atomic E-state index is 15.9. The van der Waals surface area contributed by atoms with Crippen LogP contribution in [0.1, 0.15) is 33.4 Å². The van der Waals surface area contributed by atoms with Crippen LogP contribution in [0, 0.1) is 25.7 Å². The summed E-state index contributed by atoms with van der Waals surface area (Å²) in [5.41, 5.74) is 4.64. The predicted molar refractivity (Wildman–Crippen MR) is 176 cm³/mol. The van der Waals surface area contributed by atoms with E-state index in [1.54, 1.807) is 0 Å². The van der Waals surface area contributed by atoms with Crippen LogP contribution in [0.25, 0.3) is 11.1 Å². The fourth-order valence-electron chi connectivity index (χ4n) is 8.45. The van der Waals surface area contributed by atoms with Crippen LogP contribution in [0.2, 0.25) is 0 Å². The zero-order valence-corrected chi connectivity index (χ0v) is 25.1. The molecule has 2 amide bonds. The highest BCUT2D eigenvalue weighted by molar-refractivity contribution is 6.39. The number of anilines is 1. The molecule has 0 aromatic heterocycles. The second-order valence-corrected chi connectivity index (χ2v) is 12.4. The number of nitrogens with zero attached hydrogens (tertiary/aromatic N) is 1. The third kappa shape index (κ3) is 3.40. The van der Waals surface area contributed by atoms with Gasteiger partial charge in [0.15, 0.2) is 5.78 Å². The van der Waals surface area contributed by atoms with Gasteiger partial charge >= 0.3 is 0 Å². The molecule has 3 aliphatic rings. The van der Waals surface area contributed by atoms with E-state index in [2.05, 4.69) is 0 Å². The van der Waals surface area contributed by atoms with Gasteiger partial charge in [0.25, 0.3) is 0 Å². The first-order chi connectivity index (χ1) is 21.9. The van der Waals surface area contributed by atoms with Crippen molar-refractivity contribution in [3.8, 4) is 0 Å². The van der Waals surface area contributed by atoms with Crippen molar-refractivity contribution >= 4 is 34.4 Å². The van der Waals surface area contributed by atoms with Gasteiger partial charge in [-0.3, -0.25) is 14.4 Å². The van der Waals surface area contributed by atoms with Crippen molar-refractivity contribution in [2.75, 3.05) is 4.90 Å². The minimum absolute atomic E-state index is 0.110. The Morgan fingerprint density at radius 1 is 0.489 bits per heavy atom. The molecule has 45 heavy (non-hydrogen) atoms. The first-order valence-electron chi connectivity index (χ1n) is 15.4. The number of benzene rings is 5. The number of rotatable bonds is 5. The fraction of sp³-hybridized carbons (Fsp3) is 0.146. The summed E-state index contributed by atoms with van der Waals surface area (Å²) in [4.78, 5) is 47.3. The van der Waals surface area contributed by atoms with Gasteiger partial charge in [0.05, 0.1) is 28.4 Å². The maximum atomic E-state index is 15.9. The topological polar surface area (TPSA) is 54.5 Å². The summed E-state index contributed by atoms with van der Waals surface area (Å²) in [6, 6.07) is 44.9. The molecule has 0 radical (unpaired) electrons. The zero-order chi connectivity index (χ0) is 30.9. The monoisotopic (exact) mass is 585 g/mol. The number of Topliss-reactive ketones (excluding diaryl/α,β-unsaturated/α-hetero) is 1. The Morgan fingerprint density at radius 3 is 1.29 bits per heavy atom. The van der Waals surface area contributed by atoms with E-state index in [-0.39, 0.29) is 17.6 Å². The summed E-state index contributed by atoms with van der Waals surface area (Å²) < 4.78 is 0. The van der Waals surface area contributed by atoms with Crippen LogP contribution in [0.5, 0.6) is 0 Å². The van der Waals surface area contributed by atoms with Crippen LogP contribution in [-0.4, -0.2) is 17.6 Å². The van der Waals surface area contributed by atoms with Crippen molar-refractivity contribution in [3.63, 3.8) is 0 Å². The molecular weight excluding hydrogens is 554 g/mol. The van der Waals surface area contributed by atoms with Crippen molar-refractivity contribution in [2.24, 2.45) is 11.8 Å². The summed E-state index contributed by atoms with van der Waals surface area (Å²) in [7, 11) is 0. The van der Waals surface area contributed by atoms with Crippen LogP contribution in [0.15, 0.2) is 140 Å². The smallest absolute Gasteiger partial charge is 0.239 e. The summed E-state index contributed by atoms with van der Waals surface area (Å²) in [6.07, 6.45) is 0. The van der Waals surface area contributed by atoms with Gasteiger partial charge in [-0.2, -0.15) is 0 Å². The highest BCUT2D eigenvalue weighted by atomic mass is 16.2.